The molecule has 2 aromatic rings. The predicted octanol–water partition coefficient (Wildman–Crippen LogP) is 0.561. The van der Waals surface area contributed by atoms with E-state index in [0.717, 1.165) is 5.69 Å². The Labute approximate surface area is 120 Å². The standard InChI is InChI=1S/C10H14ClN5O3S/c1-7-8(6-15(2)14-7)9-12-13-10(20(11,17)18)16(9)4-5-19-3/h6H,4-5H2,1-3H3. The number of aryl methyl sites for hydroxylation is 2. The molecule has 0 fully saturated rings. The van der Waals surface area contributed by atoms with Gasteiger partial charge in [-0.05, 0) is 6.92 Å². The summed E-state index contributed by atoms with van der Waals surface area (Å²) in [6, 6.07) is 0. The maximum atomic E-state index is 11.5. The molecule has 0 amide bonds. The molecule has 20 heavy (non-hydrogen) atoms. The molecule has 0 aliphatic heterocycles. The van der Waals surface area contributed by atoms with Crippen molar-refractivity contribution < 1.29 is 13.2 Å². The minimum absolute atomic E-state index is 0.272. The van der Waals surface area contributed by atoms with Crippen LogP contribution in [0.2, 0.25) is 0 Å². The molecule has 2 aromatic heterocycles. The van der Waals surface area contributed by atoms with Crippen molar-refractivity contribution >= 4 is 19.7 Å². The second-order valence-corrected chi connectivity index (χ2v) is 6.65. The van der Waals surface area contributed by atoms with Gasteiger partial charge in [-0.3, -0.25) is 9.25 Å². The van der Waals surface area contributed by atoms with Crippen LogP contribution in [0.1, 0.15) is 5.69 Å². The van der Waals surface area contributed by atoms with Crippen LogP contribution < -0.4 is 0 Å². The lowest BCUT2D eigenvalue weighted by Crippen LogP contribution is -2.11. The van der Waals surface area contributed by atoms with E-state index in [1.54, 1.807) is 24.9 Å². The quantitative estimate of drug-likeness (QED) is 0.748. The third-order valence-electron chi connectivity index (χ3n) is 2.71. The Morgan fingerprint density at radius 2 is 2.10 bits per heavy atom. The first kappa shape index (κ1) is 14.9. The molecule has 0 atom stereocenters. The van der Waals surface area contributed by atoms with E-state index in [0.29, 0.717) is 18.0 Å². The molecule has 0 radical (unpaired) electrons. The molecule has 0 aliphatic rings. The molecule has 8 nitrogen and oxygen atoms in total. The average molecular weight is 320 g/mol. The van der Waals surface area contributed by atoms with Gasteiger partial charge in [0.05, 0.1) is 24.4 Å². The number of rotatable bonds is 5. The van der Waals surface area contributed by atoms with Gasteiger partial charge in [-0.2, -0.15) is 5.10 Å². The summed E-state index contributed by atoms with van der Waals surface area (Å²) in [6.45, 7) is 2.39. The summed E-state index contributed by atoms with van der Waals surface area (Å²) in [5.41, 5.74) is 1.42. The van der Waals surface area contributed by atoms with Crippen molar-refractivity contribution in [2.45, 2.75) is 18.6 Å². The topological polar surface area (TPSA) is 91.9 Å². The van der Waals surface area contributed by atoms with Gasteiger partial charge in [-0.15, -0.1) is 10.2 Å². The van der Waals surface area contributed by atoms with Gasteiger partial charge in [0.25, 0.3) is 14.2 Å². The Balaban J connectivity index is 2.59. The highest BCUT2D eigenvalue weighted by Gasteiger charge is 2.24. The summed E-state index contributed by atoms with van der Waals surface area (Å²) in [7, 11) is 4.69. The number of nitrogens with zero attached hydrogens (tertiary/aromatic N) is 5. The van der Waals surface area contributed by atoms with E-state index >= 15 is 0 Å². The maximum Gasteiger partial charge on any atom is 0.296 e. The average Bonchev–Trinajstić information content (AvgIpc) is 2.88. The fourth-order valence-electron chi connectivity index (χ4n) is 1.87. The Hall–Kier alpha value is -1.45. The van der Waals surface area contributed by atoms with Crippen molar-refractivity contribution in [3.8, 4) is 11.4 Å². The summed E-state index contributed by atoms with van der Waals surface area (Å²) in [5, 5.41) is 11.5. The second kappa shape index (κ2) is 5.51. The molecule has 0 N–H and O–H groups in total. The lowest BCUT2D eigenvalue weighted by atomic mass is 10.2. The molecule has 0 saturated heterocycles. The zero-order valence-electron chi connectivity index (χ0n) is 11.2. The van der Waals surface area contributed by atoms with Crippen LogP contribution in [0.25, 0.3) is 11.4 Å². The van der Waals surface area contributed by atoms with E-state index in [-0.39, 0.29) is 11.7 Å². The van der Waals surface area contributed by atoms with E-state index in [4.69, 9.17) is 15.4 Å². The van der Waals surface area contributed by atoms with E-state index in [1.807, 2.05) is 0 Å². The van der Waals surface area contributed by atoms with Gasteiger partial charge in [0.1, 0.15) is 0 Å². The first-order valence-corrected chi connectivity index (χ1v) is 8.03. The lowest BCUT2D eigenvalue weighted by molar-refractivity contribution is 0.185. The third-order valence-corrected chi connectivity index (χ3v) is 3.86. The van der Waals surface area contributed by atoms with Gasteiger partial charge >= 0.3 is 0 Å². The Morgan fingerprint density at radius 1 is 1.40 bits per heavy atom. The molecule has 0 unspecified atom stereocenters. The molecule has 10 heteroatoms. The normalized spacial score (nSPS) is 12.0. The van der Waals surface area contributed by atoms with Crippen molar-refractivity contribution in [3.63, 3.8) is 0 Å². The summed E-state index contributed by atoms with van der Waals surface area (Å²) in [6.07, 6.45) is 1.74. The van der Waals surface area contributed by atoms with E-state index in [2.05, 4.69) is 15.3 Å². The molecular weight excluding hydrogens is 306 g/mol. The first-order chi connectivity index (χ1) is 9.34. The van der Waals surface area contributed by atoms with Crippen LogP contribution in [-0.4, -0.2) is 46.7 Å². The minimum Gasteiger partial charge on any atom is -0.383 e. The molecule has 0 aliphatic carbocycles. The monoisotopic (exact) mass is 319 g/mol. The van der Waals surface area contributed by atoms with Crippen LogP contribution in [0, 0.1) is 6.92 Å². The highest BCUT2D eigenvalue weighted by atomic mass is 35.7. The summed E-state index contributed by atoms with van der Waals surface area (Å²) in [4.78, 5) is 0. The van der Waals surface area contributed by atoms with Crippen molar-refractivity contribution in [1.29, 1.82) is 0 Å². The van der Waals surface area contributed by atoms with Crippen LogP contribution in [0.3, 0.4) is 0 Å². The number of ether oxygens (including phenoxy) is 1. The SMILES string of the molecule is COCCn1c(-c2cn(C)nc2C)nnc1S(=O)(=O)Cl. The highest BCUT2D eigenvalue weighted by Crippen LogP contribution is 2.24. The Bertz CT molecular complexity index is 721. The number of halogens is 1. The van der Waals surface area contributed by atoms with Crippen LogP contribution >= 0.6 is 10.7 Å². The predicted molar refractivity (Wildman–Crippen MR) is 71.9 cm³/mol. The second-order valence-electron chi connectivity index (χ2n) is 4.19. The maximum absolute atomic E-state index is 11.5. The summed E-state index contributed by atoms with van der Waals surface area (Å²) in [5.74, 6) is 0.395. The molecule has 110 valence electrons. The number of hydrogen-bond donors (Lipinski definition) is 0. The third kappa shape index (κ3) is 2.84. The van der Waals surface area contributed by atoms with E-state index < -0.39 is 9.05 Å². The zero-order chi connectivity index (χ0) is 14.9. The van der Waals surface area contributed by atoms with Crippen molar-refractivity contribution in [1.82, 2.24) is 24.5 Å². The van der Waals surface area contributed by atoms with Crippen molar-refractivity contribution in [2.24, 2.45) is 7.05 Å². The van der Waals surface area contributed by atoms with E-state index in [1.165, 1.54) is 11.7 Å². The van der Waals surface area contributed by atoms with Gasteiger partial charge in [0.15, 0.2) is 5.82 Å². The molecule has 0 aromatic carbocycles. The molecule has 0 bridgehead atoms. The minimum atomic E-state index is -3.98. The molecule has 0 spiro atoms. The van der Waals surface area contributed by atoms with Crippen LogP contribution in [0.15, 0.2) is 11.4 Å². The van der Waals surface area contributed by atoms with E-state index in [9.17, 15) is 8.42 Å². The van der Waals surface area contributed by atoms with Gasteiger partial charge < -0.3 is 4.74 Å². The lowest BCUT2D eigenvalue weighted by Gasteiger charge is -2.07. The largest absolute Gasteiger partial charge is 0.383 e. The molecule has 0 saturated carbocycles. The Morgan fingerprint density at radius 3 is 2.60 bits per heavy atom. The Kier molecular flexibility index (Phi) is 4.11. The highest BCUT2D eigenvalue weighted by molar-refractivity contribution is 8.13. The van der Waals surface area contributed by atoms with Gasteiger partial charge in [0, 0.05) is 31.0 Å². The number of aromatic nitrogens is 5. The van der Waals surface area contributed by atoms with Crippen LogP contribution in [0.4, 0.5) is 0 Å². The fraction of sp³-hybridized carbons (Fsp3) is 0.500. The van der Waals surface area contributed by atoms with Crippen molar-refractivity contribution in [2.75, 3.05) is 13.7 Å². The van der Waals surface area contributed by atoms with Gasteiger partial charge in [0.2, 0.25) is 0 Å². The fourth-order valence-corrected chi connectivity index (χ4v) is 2.79. The van der Waals surface area contributed by atoms with Gasteiger partial charge in [-0.25, -0.2) is 8.42 Å². The number of hydrogen-bond acceptors (Lipinski definition) is 6. The van der Waals surface area contributed by atoms with Crippen molar-refractivity contribution in [3.05, 3.63) is 11.9 Å². The van der Waals surface area contributed by atoms with Gasteiger partial charge in [-0.1, -0.05) is 0 Å². The summed E-state index contributed by atoms with van der Waals surface area (Å²) >= 11 is 0. The molecule has 2 rings (SSSR count). The molecular formula is C10H14ClN5O3S. The summed E-state index contributed by atoms with van der Waals surface area (Å²) < 4.78 is 31.1. The zero-order valence-corrected chi connectivity index (χ0v) is 12.8. The molecule has 2 heterocycles. The van der Waals surface area contributed by atoms with Crippen LogP contribution in [0.5, 0.6) is 0 Å². The first-order valence-electron chi connectivity index (χ1n) is 5.72. The van der Waals surface area contributed by atoms with Crippen LogP contribution in [-0.2, 0) is 27.4 Å². The smallest absolute Gasteiger partial charge is 0.296 e. The number of methoxy groups -OCH3 is 1.